The molecule has 1 aromatic carbocycles. The predicted octanol–water partition coefficient (Wildman–Crippen LogP) is 3.51. The van der Waals surface area contributed by atoms with Gasteiger partial charge in [0.05, 0.1) is 12.3 Å². The Balaban J connectivity index is 2.39. The van der Waals surface area contributed by atoms with Crippen LogP contribution in [0.5, 0.6) is 5.75 Å². The van der Waals surface area contributed by atoms with Crippen LogP contribution in [-0.2, 0) is 0 Å². The first-order valence-corrected chi connectivity index (χ1v) is 5.90. The number of hydrogen-bond acceptors (Lipinski definition) is 3. The summed E-state index contributed by atoms with van der Waals surface area (Å²) in [6, 6.07) is 7.93. The highest BCUT2D eigenvalue weighted by Crippen LogP contribution is 2.22. The standard InChI is InChI=1S/C13H14N2OS/c1-3-16-11-6-4-10(5-7-11)12-9(2)8-14-13(17)15-12/h4-8H,3H2,1-2H3,(H,14,15,17). The molecule has 0 saturated carbocycles. The highest BCUT2D eigenvalue weighted by molar-refractivity contribution is 7.71. The molecule has 0 saturated heterocycles. The summed E-state index contributed by atoms with van der Waals surface area (Å²) in [5, 5.41) is 0. The number of H-pyrrole nitrogens is 1. The smallest absolute Gasteiger partial charge is 0.197 e. The summed E-state index contributed by atoms with van der Waals surface area (Å²) in [6.45, 7) is 4.65. The van der Waals surface area contributed by atoms with E-state index in [4.69, 9.17) is 17.0 Å². The third-order valence-corrected chi connectivity index (χ3v) is 2.66. The van der Waals surface area contributed by atoms with Crippen LogP contribution in [0.4, 0.5) is 0 Å². The second-order valence-electron chi connectivity index (χ2n) is 3.70. The number of ether oxygens (including phenoxy) is 1. The maximum absolute atomic E-state index is 5.41. The van der Waals surface area contributed by atoms with Gasteiger partial charge in [-0.2, -0.15) is 0 Å². The molecule has 0 atom stereocenters. The zero-order chi connectivity index (χ0) is 12.3. The van der Waals surface area contributed by atoms with Crippen molar-refractivity contribution in [3.63, 3.8) is 0 Å². The Labute approximate surface area is 105 Å². The summed E-state index contributed by atoms with van der Waals surface area (Å²) in [7, 11) is 0. The molecule has 17 heavy (non-hydrogen) atoms. The fraction of sp³-hybridized carbons (Fsp3) is 0.231. The molecule has 4 heteroatoms. The fourth-order valence-corrected chi connectivity index (χ4v) is 1.80. The molecule has 0 unspecified atom stereocenters. The van der Waals surface area contributed by atoms with Gasteiger partial charge in [0.1, 0.15) is 5.75 Å². The third kappa shape index (κ3) is 2.71. The van der Waals surface area contributed by atoms with Gasteiger partial charge >= 0.3 is 0 Å². The minimum Gasteiger partial charge on any atom is -0.494 e. The summed E-state index contributed by atoms with van der Waals surface area (Å²) in [5.74, 6) is 0.876. The molecule has 0 bridgehead atoms. The lowest BCUT2D eigenvalue weighted by Gasteiger charge is -2.07. The monoisotopic (exact) mass is 246 g/mol. The molecule has 0 aliphatic heterocycles. The van der Waals surface area contributed by atoms with Crippen LogP contribution in [-0.4, -0.2) is 16.6 Å². The highest BCUT2D eigenvalue weighted by Gasteiger charge is 2.02. The van der Waals surface area contributed by atoms with Crippen molar-refractivity contribution in [3.8, 4) is 17.0 Å². The van der Waals surface area contributed by atoms with E-state index >= 15 is 0 Å². The largest absolute Gasteiger partial charge is 0.494 e. The molecule has 0 amide bonds. The highest BCUT2D eigenvalue weighted by atomic mass is 32.1. The normalized spacial score (nSPS) is 10.2. The molecule has 0 aliphatic rings. The minimum atomic E-state index is 0.500. The van der Waals surface area contributed by atoms with Gasteiger partial charge in [-0.15, -0.1) is 0 Å². The number of nitrogens with zero attached hydrogens (tertiary/aromatic N) is 1. The lowest BCUT2D eigenvalue weighted by atomic mass is 10.1. The second kappa shape index (κ2) is 5.10. The number of nitrogens with one attached hydrogen (secondary N) is 1. The molecule has 2 aromatic rings. The SMILES string of the molecule is CCOc1ccc(-c2[nH]c(=S)ncc2C)cc1. The van der Waals surface area contributed by atoms with Crippen molar-refractivity contribution in [1.82, 2.24) is 9.97 Å². The van der Waals surface area contributed by atoms with Crippen molar-refractivity contribution in [2.24, 2.45) is 0 Å². The summed E-state index contributed by atoms with van der Waals surface area (Å²) < 4.78 is 5.91. The molecule has 1 N–H and O–H groups in total. The van der Waals surface area contributed by atoms with E-state index in [9.17, 15) is 0 Å². The zero-order valence-corrected chi connectivity index (χ0v) is 10.7. The van der Waals surface area contributed by atoms with Crippen LogP contribution in [0.25, 0.3) is 11.3 Å². The molecule has 0 fully saturated rings. The van der Waals surface area contributed by atoms with Crippen molar-refractivity contribution < 1.29 is 4.74 Å². The van der Waals surface area contributed by atoms with Crippen molar-refractivity contribution >= 4 is 12.2 Å². The van der Waals surface area contributed by atoms with E-state index in [0.717, 1.165) is 22.6 Å². The van der Waals surface area contributed by atoms with E-state index in [-0.39, 0.29) is 0 Å². The van der Waals surface area contributed by atoms with E-state index in [1.54, 1.807) is 6.20 Å². The molecule has 2 rings (SSSR count). The first-order chi connectivity index (χ1) is 8.20. The van der Waals surface area contributed by atoms with E-state index in [1.807, 2.05) is 38.1 Å². The molecule has 0 radical (unpaired) electrons. The number of aromatic nitrogens is 2. The van der Waals surface area contributed by atoms with Crippen LogP contribution in [0.15, 0.2) is 30.5 Å². The van der Waals surface area contributed by atoms with Crippen LogP contribution in [0.2, 0.25) is 0 Å². The van der Waals surface area contributed by atoms with Crippen LogP contribution in [0.3, 0.4) is 0 Å². The topological polar surface area (TPSA) is 37.9 Å². The van der Waals surface area contributed by atoms with Gasteiger partial charge in [-0.1, -0.05) is 0 Å². The number of aryl methyl sites for hydroxylation is 1. The maximum atomic E-state index is 5.41. The van der Waals surface area contributed by atoms with Gasteiger partial charge in [0.2, 0.25) is 0 Å². The van der Waals surface area contributed by atoms with Crippen LogP contribution < -0.4 is 4.74 Å². The van der Waals surface area contributed by atoms with E-state index < -0.39 is 0 Å². The molecular weight excluding hydrogens is 232 g/mol. The lowest BCUT2D eigenvalue weighted by molar-refractivity contribution is 0.340. The third-order valence-electron chi connectivity index (χ3n) is 2.46. The van der Waals surface area contributed by atoms with Crippen molar-refractivity contribution in [2.75, 3.05) is 6.61 Å². The quantitative estimate of drug-likeness (QED) is 0.842. The molecule has 0 spiro atoms. The Bertz CT molecular complexity index is 560. The van der Waals surface area contributed by atoms with E-state index in [0.29, 0.717) is 11.4 Å². The number of aromatic amines is 1. The van der Waals surface area contributed by atoms with Gasteiger partial charge in [0, 0.05) is 6.20 Å². The molecule has 1 aromatic heterocycles. The van der Waals surface area contributed by atoms with Gasteiger partial charge in [0.25, 0.3) is 0 Å². The molecular formula is C13H14N2OS. The Kier molecular flexibility index (Phi) is 3.54. The summed E-state index contributed by atoms with van der Waals surface area (Å²) in [4.78, 5) is 7.15. The second-order valence-corrected chi connectivity index (χ2v) is 4.09. The fourth-order valence-electron chi connectivity index (χ4n) is 1.64. The van der Waals surface area contributed by atoms with Gasteiger partial charge in [-0.05, 0) is 61.5 Å². The number of benzene rings is 1. The first kappa shape index (κ1) is 11.8. The predicted molar refractivity (Wildman–Crippen MR) is 70.8 cm³/mol. The van der Waals surface area contributed by atoms with Gasteiger partial charge in [0.15, 0.2) is 4.77 Å². The molecule has 1 heterocycles. The van der Waals surface area contributed by atoms with Crippen LogP contribution in [0, 0.1) is 11.7 Å². The Morgan fingerprint density at radius 1 is 1.29 bits per heavy atom. The zero-order valence-electron chi connectivity index (χ0n) is 9.86. The van der Waals surface area contributed by atoms with Crippen molar-refractivity contribution in [1.29, 1.82) is 0 Å². The number of rotatable bonds is 3. The van der Waals surface area contributed by atoms with E-state index in [1.165, 1.54) is 0 Å². The first-order valence-electron chi connectivity index (χ1n) is 5.50. The van der Waals surface area contributed by atoms with Crippen LogP contribution >= 0.6 is 12.2 Å². The summed E-state index contributed by atoms with van der Waals surface area (Å²) in [5.41, 5.74) is 3.16. The average Bonchev–Trinajstić information content (AvgIpc) is 2.34. The molecule has 3 nitrogen and oxygen atoms in total. The van der Waals surface area contributed by atoms with Gasteiger partial charge in [-0.25, -0.2) is 4.98 Å². The summed E-state index contributed by atoms with van der Waals surface area (Å²) >= 11 is 5.04. The Morgan fingerprint density at radius 3 is 2.65 bits per heavy atom. The van der Waals surface area contributed by atoms with Gasteiger partial charge < -0.3 is 9.72 Å². The van der Waals surface area contributed by atoms with E-state index in [2.05, 4.69) is 9.97 Å². The lowest BCUT2D eigenvalue weighted by Crippen LogP contribution is -1.93. The molecule has 0 aliphatic carbocycles. The number of hydrogen-bond donors (Lipinski definition) is 1. The average molecular weight is 246 g/mol. The minimum absolute atomic E-state index is 0.500. The Morgan fingerprint density at radius 2 is 2.00 bits per heavy atom. The molecule has 88 valence electrons. The van der Waals surface area contributed by atoms with Gasteiger partial charge in [-0.3, -0.25) is 0 Å². The Hall–Kier alpha value is -1.68. The van der Waals surface area contributed by atoms with Crippen molar-refractivity contribution in [3.05, 3.63) is 40.8 Å². The van der Waals surface area contributed by atoms with Crippen molar-refractivity contribution in [2.45, 2.75) is 13.8 Å². The summed E-state index contributed by atoms with van der Waals surface area (Å²) in [6.07, 6.45) is 1.78. The van der Waals surface area contributed by atoms with Crippen LogP contribution in [0.1, 0.15) is 12.5 Å². The maximum Gasteiger partial charge on any atom is 0.197 e.